The van der Waals surface area contributed by atoms with Gasteiger partial charge in [-0.25, -0.2) is 0 Å². The van der Waals surface area contributed by atoms with Crippen LogP contribution in [0.2, 0.25) is 0 Å². The van der Waals surface area contributed by atoms with Crippen LogP contribution in [-0.4, -0.2) is 11.3 Å². The summed E-state index contributed by atoms with van der Waals surface area (Å²) >= 11 is -11.2. The SMILES string of the molecule is CC1(C)c2cccc3c2B(c2c1cccc2I(F)(F)=NI(F)F)c1cccc2c4ccccc4n-3c12. The van der Waals surface area contributed by atoms with Gasteiger partial charge in [0.2, 0.25) is 0 Å². The first-order valence-corrected chi connectivity index (χ1v) is 17.7. The number of nitrogens with zero attached hydrogens (tertiary/aromatic N) is 2. The molecule has 4 aromatic carbocycles. The predicted octanol–water partition coefficient (Wildman–Crippen LogP) is 7.61. The van der Waals surface area contributed by atoms with Crippen molar-refractivity contribution in [1.29, 1.82) is 0 Å². The molecule has 9 heteroatoms. The predicted molar refractivity (Wildman–Crippen MR) is 158 cm³/mol. The molecule has 2 aliphatic heterocycles. The molecule has 7 rings (SSSR count). The van der Waals surface area contributed by atoms with Crippen molar-refractivity contribution in [2.75, 3.05) is 0 Å². The minimum absolute atomic E-state index is 0.239. The molecule has 0 aliphatic carbocycles. The Morgan fingerprint density at radius 1 is 0.806 bits per heavy atom. The van der Waals surface area contributed by atoms with Crippen molar-refractivity contribution in [3.05, 3.63) is 93.6 Å². The van der Waals surface area contributed by atoms with E-state index in [0.717, 1.165) is 49.5 Å². The average Bonchev–Trinajstić information content (AvgIpc) is 3.18. The first-order chi connectivity index (χ1) is 17.2. The third-order valence-electron chi connectivity index (χ3n) is 7.71. The number of hydrogen-bond acceptors (Lipinski definition) is 1. The van der Waals surface area contributed by atoms with Gasteiger partial charge in [0.15, 0.2) is 0 Å². The molecule has 5 aromatic rings. The minimum atomic E-state index is -6.25. The number of aromatic nitrogens is 1. The van der Waals surface area contributed by atoms with Crippen molar-refractivity contribution in [2.24, 2.45) is 1.36 Å². The van der Waals surface area contributed by atoms with Crippen LogP contribution >= 0.6 is 40.6 Å². The fourth-order valence-corrected chi connectivity index (χ4v) is 12.5. The van der Waals surface area contributed by atoms with Crippen LogP contribution in [0.4, 0.5) is 11.4 Å². The summed E-state index contributed by atoms with van der Waals surface area (Å²) in [4.78, 5) is 0. The monoisotopic (exact) mass is 712 g/mol. The van der Waals surface area contributed by atoms with Gasteiger partial charge in [0.25, 0.3) is 0 Å². The molecule has 1 aromatic heterocycles. The van der Waals surface area contributed by atoms with Crippen LogP contribution in [0.25, 0.3) is 27.5 Å². The molecule has 0 unspecified atom stereocenters. The third-order valence-corrected chi connectivity index (χ3v) is 15.7. The number of para-hydroxylation sites is 2. The molecular formula is C27H19BF4I2N2. The molecule has 0 atom stereocenters. The number of fused-ring (bicyclic) bond motifs is 7. The molecule has 0 radical (unpaired) electrons. The van der Waals surface area contributed by atoms with Crippen LogP contribution in [0.3, 0.4) is 0 Å². The van der Waals surface area contributed by atoms with E-state index >= 15 is 5.72 Å². The molecule has 182 valence electrons. The molecule has 0 saturated carbocycles. The normalized spacial score (nSPS) is 16.1. The average molecular weight is 712 g/mol. The van der Waals surface area contributed by atoms with Crippen LogP contribution in [0.5, 0.6) is 0 Å². The molecule has 0 fully saturated rings. The van der Waals surface area contributed by atoms with E-state index in [1.54, 1.807) is 6.07 Å². The Bertz CT molecular complexity index is 1810. The summed E-state index contributed by atoms with van der Waals surface area (Å²) in [5.74, 6) is 0. The number of hydrogen-bond donors (Lipinski definition) is 0. The summed E-state index contributed by atoms with van der Waals surface area (Å²) in [7, 11) is 0. The van der Waals surface area contributed by atoms with Crippen molar-refractivity contribution in [2.45, 2.75) is 19.3 Å². The second-order valence-electron chi connectivity index (χ2n) is 9.75. The van der Waals surface area contributed by atoms with Crippen molar-refractivity contribution >= 4 is 85.6 Å². The van der Waals surface area contributed by atoms with Crippen LogP contribution in [-0.2, 0) is 5.41 Å². The van der Waals surface area contributed by atoms with Crippen LogP contribution < -0.4 is 16.4 Å². The van der Waals surface area contributed by atoms with E-state index in [9.17, 15) is 5.72 Å². The third kappa shape index (κ3) is 2.89. The Morgan fingerprint density at radius 3 is 2.25 bits per heavy atom. The summed E-state index contributed by atoms with van der Waals surface area (Å²) in [6.45, 7) is 3.60. The molecule has 3 heterocycles. The maximum absolute atomic E-state index is 15.6. The summed E-state index contributed by atoms with van der Waals surface area (Å²) in [6, 6.07) is 25.2. The number of rotatable bonds is 2. The van der Waals surface area contributed by atoms with Gasteiger partial charge in [-0.1, -0.05) is 0 Å². The van der Waals surface area contributed by atoms with Crippen LogP contribution in [0, 0.1) is 3.57 Å². The quantitative estimate of drug-likeness (QED) is 0.100. The van der Waals surface area contributed by atoms with Gasteiger partial charge in [-0.15, -0.1) is 0 Å². The van der Waals surface area contributed by atoms with Crippen molar-refractivity contribution in [3.63, 3.8) is 0 Å². The first kappa shape index (κ1) is 22.9. The molecule has 0 amide bonds. The zero-order valence-corrected chi connectivity index (χ0v) is 23.6. The van der Waals surface area contributed by atoms with E-state index in [2.05, 4.69) is 30.2 Å². The summed E-state index contributed by atoms with van der Waals surface area (Å²) in [6.07, 6.45) is 0. The Kier molecular flexibility index (Phi) is 4.85. The van der Waals surface area contributed by atoms with Crippen molar-refractivity contribution in [1.82, 2.24) is 4.57 Å². The first-order valence-electron chi connectivity index (χ1n) is 11.4. The Balaban J connectivity index is 1.71. The van der Waals surface area contributed by atoms with Gasteiger partial charge in [-0.2, -0.15) is 0 Å². The zero-order chi connectivity index (χ0) is 25.0. The maximum atomic E-state index is 15.6. The number of halogens is 6. The topological polar surface area (TPSA) is 17.3 Å². The fraction of sp³-hybridized carbons (Fsp3) is 0.111. The van der Waals surface area contributed by atoms with E-state index in [1.807, 2.05) is 56.3 Å². The van der Waals surface area contributed by atoms with E-state index in [1.165, 1.54) is 6.07 Å². The van der Waals surface area contributed by atoms with Gasteiger partial charge in [0.1, 0.15) is 0 Å². The molecule has 2 aliphatic rings. The summed E-state index contributed by atoms with van der Waals surface area (Å²) in [5.41, 5.74) is 6.68. The van der Waals surface area contributed by atoms with Gasteiger partial charge in [0.05, 0.1) is 0 Å². The second-order valence-corrected chi connectivity index (χ2v) is 17.1. The van der Waals surface area contributed by atoms with Gasteiger partial charge < -0.3 is 0 Å². The molecule has 0 saturated heterocycles. The van der Waals surface area contributed by atoms with E-state index in [0.29, 0.717) is 5.46 Å². The van der Waals surface area contributed by atoms with Crippen molar-refractivity contribution in [3.8, 4) is 5.69 Å². The second kappa shape index (κ2) is 7.62. The van der Waals surface area contributed by atoms with Gasteiger partial charge in [-0.05, 0) is 0 Å². The zero-order valence-electron chi connectivity index (χ0n) is 19.2. The van der Waals surface area contributed by atoms with Crippen molar-refractivity contribution < 1.29 is 11.4 Å². The molecular weight excluding hydrogens is 693 g/mol. The summed E-state index contributed by atoms with van der Waals surface area (Å²) in [5, 5.41) is 2.15. The summed E-state index contributed by atoms with van der Waals surface area (Å²) < 4.78 is 62.7. The van der Waals surface area contributed by atoms with Gasteiger partial charge in [-0.3, -0.25) is 0 Å². The van der Waals surface area contributed by atoms with Gasteiger partial charge >= 0.3 is 221 Å². The Labute approximate surface area is 220 Å². The van der Waals surface area contributed by atoms with Gasteiger partial charge in [0, 0.05) is 0 Å². The molecule has 36 heavy (non-hydrogen) atoms. The Hall–Kier alpha value is -2.28. The van der Waals surface area contributed by atoms with Crippen LogP contribution in [0.1, 0.15) is 25.0 Å². The standard InChI is InChI=1S/C27H19BF4I2N2/c1-27(2)18-10-6-13-21(34(31,32)35-33(29)30)24(18)28-20-12-5-9-17-16-8-3-4-14-22(16)36(26(17)20)23-15-7-11-19(27)25(23)28/h3-15H,1-2H3. The molecule has 0 N–H and O–H groups in total. The molecule has 0 spiro atoms. The van der Waals surface area contributed by atoms with Crippen LogP contribution in [0.15, 0.2) is 80.2 Å². The molecule has 2 nitrogen and oxygen atoms in total. The van der Waals surface area contributed by atoms with E-state index in [4.69, 9.17) is 0 Å². The van der Waals surface area contributed by atoms with E-state index in [-0.39, 0.29) is 3.57 Å². The Morgan fingerprint density at radius 2 is 1.47 bits per heavy atom. The fourth-order valence-electron chi connectivity index (χ4n) is 6.39. The number of benzene rings is 4. The molecule has 0 bridgehead atoms. The van der Waals surface area contributed by atoms with E-state index < -0.39 is 52.8 Å².